The minimum absolute atomic E-state index is 0.0310. The minimum atomic E-state index is -0.730. The van der Waals surface area contributed by atoms with Crippen molar-refractivity contribution >= 4 is 23.9 Å². The monoisotopic (exact) mass is 738 g/mol. The van der Waals surface area contributed by atoms with Gasteiger partial charge in [0.2, 0.25) is 11.8 Å². The van der Waals surface area contributed by atoms with Gasteiger partial charge >= 0.3 is 12.1 Å². The highest BCUT2D eigenvalue weighted by atomic mass is 19.1. The molecule has 1 aromatic heterocycles. The summed E-state index contributed by atoms with van der Waals surface area (Å²) in [4.78, 5) is 61.3. The Labute approximate surface area is 314 Å². The van der Waals surface area contributed by atoms with E-state index < -0.39 is 35.8 Å². The van der Waals surface area contributed by atoms with Crippen molar-refractivity contribution in [1.29, 1.82) is 0 Å². The van der Waals surface area contributed by atoms with Crippen molar-refractivity contribution < 1.29 is 37.8 Å². The van der Waals surface area contributed by atoms with Gasteiger partial charge in [0.15, 0.2) is 0 Å². The molecule has 12 heteroatoms. The number of nitrogens with one attached hydrogen (secondary N) is 1. The summed E-state index contributed by atoms with van der Waals surface area (Å²) in [6.45, 7) is 14.5. The normalized spacial score (nSPS) is 18.2. The molecule has 2 fully saturated rings. The molecule has 2 aliphatic rings. The number of carbonyl (C=O) groups is 4. The first-order valence-corrected chi connectivity index (χ1v) is 19.0. The van der Waals surface area contributed by atoms with Crippen LogP contribution in [0.1, 0.15) is 122 Å². The Morgan fingerprint density at radius 2 is 1.66 bits per heavy atom. The number of piperidine rings is 2. The van der Waals surface area contributed by atoms with Gasteiger partial charge in [0.25, 0.3) is 0 Å². The van der Waals surface area contributed by atoms with Crippen LogP contribution in [0.5, 0.6) is 5.75 Å². The first kappa shape index (κ1) is 41.5. The van der Waals surface area contributed by atoms with E-state index in [4.69, 9.17) is 19.2 Å². The third kappa shape index (κ3) is 13.0. The van der Waals surface area contributed by atoms with Crippen LogP contribution >= 0.6 is 0 Å². The quantitative estimate of drug-likeness (QED) is 0.215. The molecule has 3 heterocycles. The number of nitrogens with zero attached hydrogens (tertiary/aromatic N) is 3. The van der Waals surface area contributed by atoms with Crippen LogP contribution in [-0.4, -0.2) is 89.3 Å². The molecular weight excluding hydrogens is 679 g/mol. The SMILES string of the molecule is CC(c1cccc(OCCF)c1)c1ncccc1[C@H](CC(=O)OC(C)(C)C)NC(=O)[C@@H]1CCCN(C(=O)CCC2CCN(C(=O)OC(C)(C)C)CC2)C1. The van der Waals surface area contributed by atoms with Crippen LogP contribution < -0.4 is 10.1 Å². The van der Waals surface area contributed by atoms with Gasteiger partial charge in [-0.05, 0) is 109 Å². The number of hydrogen-bond donors (Lipinski definition) is 1. The Balaban J connectivity index is 1.42. The second-order valence-electron chi connectivity index (χ2n) is 16.3. The molecule has 0 bridgehead atoms. The van der Waals surface area contributed by atoms with Crippen molar-refractivity contribution in [1.82, 2.24) is 20.1 Å². The van der Waals surface area contributed by atoms with Crippen LogP contribution in [0.3, 0.4) is 0 Å². The summed E-state index contributed by atoms with van der Waals surface area (Å²) in [6, 6.07) is 10.3. The fourth-order valence-electron chi connectivity index (χ4n) is 6.99. The summed E-state index contributed by atoms with van der Waals surface area (Å²) in [5, 5.41) is 3.15. The minimum Gasteiger partial charge on any atom is -0.491 e. The molecule has 1 N–H and O–H groups in total. The van der Waals surface area contributed by atoms with E-state index in [1.165, 1.54) is 0 Å². The zero-order chi connectivity index (χ0) is 38.8. The highest BCUT2D eigenvalue weighted by Gasteiger charge is 2.33. The number of alkyl halides is 1. The summed E-state index contributed by atoms with van der Waals surface area (Å²) in [5.74, 6) is -0.444. The largest absolute Gasteiger partial charge is 0.491 e. The Kier molecular flexibility index (Phi) is 14.7. The second kappa shape index (κ2) is 18.7. The number of rotatable bonds is 13. The van der Waals surface area contributed by atoms with Crippen molar-refractivity contribution in [2.24, 2.45) is 11.8 Å². The molecule has 0 aliphatic carbocycles. The van der Waals surface area contributed by atoms with Crippen LogP contribution in [0, 0.1) is 11.8 Å². The van der Waals surface area contributed by atoms with Crippen LogP contribution in [0.25, 0.3) is 0 Å². The molecule has 4 rings (SSSR count). The number of pyridine rings is 1. The molecule has 3 amide bonds. The first-order chi connectivity index (χ1) is 25.0. The standard InChI is InChI=1S/C41H59FN4O7/c1-28(30-11-8-13-32(25-30)51-24-19-42)37-33(14-9-20-43-37)34(26-36(48)52-40(2,3)4)44-38(49)31-12-10-21-46(27-31)35(47)16-15-29-17-22-45(23-18-29)39(50)53-41(5,6)7/h8-9,11,13-14,20,25,28-29,31,34H,10,12,15-19,21-24,26-27H2,1-7H3,(H,44,49)/t28?,31-,34+/m1/s1. The van der Waals surface area contributed by atoms with E-state index in [1.807, 2.05) is 52.0 Å². The highest BCUT2D eigenvalue weighted by Crippen LogP contribution is 2.33. The van der Waals surface area contributed by atoms with Gasteiger partial charge in [-0.3, -0.25) is 19.4 Å². The second-order valence-corrected chi connectivity index (χ2v) is 16.3. The Morgan fingerprint density at radius 1 is 0.943 bits per heavy atom. The number of likely N-dealkylation sites (tertiary alicyclic amines) is 2. The van der Waals surface area contributed by atoms with Crippen molar-refractivity contribution in [2.75, 3.05) is 39.5 Å². The maximum Gasteiger partial charge on any atom is 0.410 e. The molecule has 3 atom stereocenters. The molecule has 11 nitrogen and oxygen atoms in total. The lowest BCUT2D eigenvalue weighted by atomic mass is 9.89. The van der Waals surface area contributed by atoms with Gasteiger partial charge in [-0.2, -0.15) is 0 Å². The number of halogens is 1. The zero-order valence-electron chi connectivity index (χ0n) is 32.6. The zero-order valence-corrected chi connectivity index (χ0v) is 32.6. The number of benzene rings is 1. The molecule has 2 aliphatic heterocycles. The molecule has 2 saturated heterocycles. The Bertz CT molecular complexity index is 1550. The lowest BCUT2D eigenvalue weighted by molar-refractivity contribution is -0.155. The van der Waals surface area contributed by atoms with Crippen molar-refractivity contribution in [3.8, 4) is 5.75 Å². The van der Waals surface area contributed by atoms with Crippen molar-refractivity contribution in [3.05, 3.63) is 59.4 Å². The summed E-state index contributed by atoms with van der Waals surface area (Å²) in [5.41, 5.74) is 1.01. The molecule has 0 spiro atoms. The fraction of sp³-hybridized carbons (Fsp3) is 0.634. The molecule has 0 radical (unpaired) electrons. The molecule has 1 unspecified atom stereocenters. The van der Waals surface area contributed by atoms with Crippen molar-refractivity contribution in [3.63, 3.8) is 0 Å². The number of aromatic nitrogens is 1. The molecule has 53 heavy (non-hydrogen) atoms. The van der Waals surface area contributed by atoms with Gasteiger partial charge in [0.1, 0.15) is 30.2 Å². The number of amides is 3. The van der Waals surface area contributed by atoms with Crippen LogP contribution in [0.15, 0.2) is 42.6 Å². The van der Waals surface area contributed by atoms with E-state index in [2.05, 4.69) is 5.32 Å². The molecule has 0 saturated carbocycles. The predicted octanol–water partition coefficient (Wildman–Crippen LogP) is 7.14. The van der Waals surface area contributed by atoms with Crippen LogP contribution in [-0.2, 0) is 23.9 Å². The van der Waals surface area contributed by atoms with Gasteiger partial charge in [0, 0.05) is 44.7 Å². The third-order valence-corrected chi connectivity index (χ3v) is 9.65. The van der Waals surface area contributed by atoms with Gasteiger partial charge in [-0.15, -0.1) is 0 Å². The number of ether oxygens (including phenoxy) is 3. The van der Waals surface area contributed by atoms with E-state index in [0.717, 1.165) is 24.8 Å². The molecular formula is C41H59FN4O7. The van der Waals surface area contributed by atoms with Crippen LogP contribution in [0.4, 0.5) is 9.18 Å². The maximum atomic E-state index is 14.0. The van der Waals surface area contributed by atoms with E-state index in [0.29, 0.717) is 68.4 Å². The maximum absolute atomic E-state index is 14.0. The summed E-state index contributed by atoms with van der Waals surface area (Å²) in [7, 11) is 0. The van der Waals surface area contributed by atoms with E-state index in [9.17, 15) is 23.6 Å². The van der Waals surface area contributed by atoms with Crippen molar-refractivity contribution in [2.45, 2.75) is 117 Å². The van der Waals surface area contributed by atoms with Gasteiger partial charge in [-0.1, -0.05) is 25.1 Å². The lowest BCUT2D eigenvalue weighted by Gasteiger charge is -2.35. The average molecular weight is 739 g/mol. The number of carbonyl (C=O) groups excluding carboxylic acids is 4. The van der Waals surface area contributed by atoms with E-state index in [-0.39, 0.29) is 36.9 Å². The van der Waals surface area contributed by atoms with Gasteiger partial charge in [-0.25, -0.2) is 9.18 Å². The molecule has 2 aromatic rings. The fourth-order valence-corrected chi connectivity index (χ4v) is 6.99. The third-order valence-electron chi connectivity index (χ3n) is 9.65. The number of hydrogen-bond acceptors (Lipinski definition) is 8. The topological polar surface area (TPSA) is 127 Å². The van der Waals surface area contributed by atoms with Crippen LogP contribution in [0.2, 0.25) is 0 Å². The van der Waals surface area contributed by atoms with E-state index >= 15 is 0 Å². The van der Waals surface area contributed by atoms with E-state index in [1.54, 1.807) is 48.9 Å². The predicted molar refractivity (Wildman–Crippen MR) is 200 cm³/mol. The Morgan fingerprint density at radius 3 is 2.34 bits per heavy atom. The first-order valence-electron chi connectivity index (χ1n) is 19.0. The number of esters is 1. The van der Waals surface area contributed by atoms with Gasteiger partial charge in [0.05, 0.1) is 24.1 Å². The summed E-state index contributed by atoms with van der Waals surface area (Å²) in [6.07, 6.45) is 5.39. The molecule has 1 aromatic carbocycles. The Hall–Kier alpha value is -4.22. The average Bonchev–Trinajstić information content (AvgIpc) is 3.11. The summed E-state index contributed by atoms with van der Waals surface area (Å²) >= 11 is 0. The smallest absolute Gasteiger partial charge is 0.410 e. The summed E-state index contributed by atoms with van der Waals surface area (Å²) < 4.78 is 29.5. The lowest BCUT2D eigenvalue weighted by Crippen LogP contribution is -2.46. The highest BCUT2D eigenvalue weighted by molar-refractivity contribution is 5.82. The van der Waals surface area contributed by atoms with Gasteiger partial charge < -0.3 is 29.3 Å². The molecule has 292 valence electrons.